The minimum absolute atomic E-state index is 0.200. The second kappa shape index (κ2) is 6.30. The predicted molar refractivity (Wildman–Crippen MR) is 81.5 cm³/mol. The molecule has 2 rings (SSSR count). The molecule has 1 aromatic carbocycles. The number of ether oxygens (including phenoxy) is 2. The van der Waals surface area contributed by atoms with E-state index in [1.165, 1.54) is 11.8 Å². The van der Waals surface area contributed by atoms with Crippen molar-refractivity contribution in [2.75, 3.05) is 21.3 Å². The highest BCUT2D eigenvalue weighted by molar-refractivity contribution is 6.15. The van der Waals surface area contributed by atoms with E-state index in [0.29, 0.717) is 22.8 Å². The first-order chi connectivity index (χ1) is 10.5. The van der Waals surface area contributed by atoms with Crippen LogP contribution in [0.1, 0.15) is 12.5 Å². The number of methoxy groups -OCH3 is 2. The Labute approximate surface area is 128 Å². The van der Waals surface area contributed by atoms with Crippen molar-refractivity contribution in [1.82, 2.24) is 10.2 Å². The number of carbonyl (C=O) groups is 2. The Kier molecular flexibility index (Phi) is 4.45. The van der Waals surface area contributed by atoms with E-state index in [1.807, 2.05) is 0 Å². The second-order valence-corrected chi connectivity index (χ2v) is 4.62. The average Bonchev–Trinajstić information content (AvgIpc) is 2.74. The summed E-state index contributed by atoms with van der Waals surface area (Å²) >= 11 is 0. The van der Waals surface area contributed by atoms with Crippen LogP contribution in [0.15, 0.2) is 28.9 Å². The van der Waals surface area contributed by atoms with E-state index >= 15 is 0 Å². The van der Waals surface area contributed by atoms with Gasteiger partial charge in [-0.05, 0) is 24.3 Å². The highest BCUT2D eigenvalue weighted by atomic mass is 16.5. The molecular formula is C15H17N3O4. The van der Waals surface area contributed by atoms with E-state index in [2.05, 4.69) is 10.3 Å². The van der Waals surface area contributed by atoms with Gasteiger partial charge in [-0.15, -0.1) is 0 Å². The van der Waals surface area contributed by atoms with Crippen molar-refractivity contribution in [2.24, 2.45) is 4.99 Å². The number of guanidine groups is 1. The smallest absolute Gasteiger partial charge is 0.296 e. The SMILES string of the molecule is COc1ccc(OC)c(/C=C2\C(=O)N=C(NC(C)=O)N2C)c1. The van der Waals surface area contributed by atoms with Crippen LogP contribution in [-0.4, -0.2) is 43.9 Å². The molecule has 116 valence electrons. The van der Waals surface area contributed by atoms with Gasteiger partial charge >= 0.3 is 0 Å². The minimum atomic E-state index is -0.434. The fraction of sp³-hybridized carbons (Fsp3) is 0.267. The van der Waals surface area contributed by atoms with Crippen molar-refractivity contribution in [2.45, 2.75) is 6.92 Å². The molecular weight excluding hydrogens is 286 g/mol. The molecule has 22 heavy (non-hydrogen) atoms. The number of carbonyl (C=O) groups excluding carboxylic acids is 2. The third-order valence-electron chi connectivity index (χ3n) is 3.12. The third kappa shape index (κ3) is 3.08. The molecule has 0 aliphatic carbocycles. The molecule has 0 aromatic heterocycles. The van der Waals surface area contributed by atoms with Crippen molar-refractivity contribution in [3.8, 4) is 11.5 Å². The van der Waals surface area contributed by atoms with E-state index in [-0.39, 0.29) is 11.9 Å². The number of hydrogen-bond donors (Lipinski definition) is 1. The first-order valence-electron chi connectivity index (χ1n) is 6.54. The summed E-state index contributed by atoms with van der Waals surface area (Å²) in [6.45, 7) is 1.35. The lowest BCUT2D eigenvalue weighted by Gasteiger charge is -2.15. The van der Waals surface area contributed by atoms with Crippen LogP contribution >= 0.6 is 0 Å². The van der Waals surface area contributed by atoms with Crippen molar-refractivity contribution < 1.29 is 19.1 Å². The lowest BCUT2D eigenvalue weighted by Crippen LogP contribution is -2.37. The summed E-state index contributed by atoms with van der Waals surface area (Å²) in [5, 5.41) is 2.51. The molecule has 7 heteroatoms. The van der Waals surface area contributed by atoms with Crippen molar-refractivity contribution in [1.29, 1.82) is 0 Å². The van der Waals surface area contributed by atoms with Crippen LogP contribution in [-0.2, 0) is 9.59 Å². The largest absolute Gasteiger partial charge is 0.497 e. The minimum Gasteiger partial charge on any atom is -0.497 e. The highest BCUT2D eigenvalue weighted by Gasteiger charge is 2.27. The van der Waals surface area contributed by atoms with Crippen LogP contribution < -0.4 is 14.8 Å². The van der Waals surface area contributed by atoms with E-state index in [1.54, 1.807) is 45.5 Å². The van der Waals surface area contributed by atoms with Gasteiger partial charge < -0.3 is 14.4 Å². The Bertz CT molecular complexity index is 679. The Hall–Kier alpha value is -2.83. The number of nitrogens with zero attached hydrogens (tertiary/aromatic N) is 2. The number of rotatable bonds is 3. The average molecular weight is 303 g/mol. The molecule has 0 saturated heterocycles. The lowest BCUT2D eigenvalue weighted by atomic mass is 10.1. The van der Waals surface area contributed by atoms with Gasteiger partial charge in [-0.25, -0.2) is 0 Å². The molecule has 7 nitrogen and oxygen atoms in total. The summed E-state index contributed by atoms with van der Waals surface area (Å²) in [6, 6.07) is 5.27. The normalized spacial score (nSPS) is 15.8. The van der Waals surface area contributed by atoms with Crippen LogP contribution in [0.25, 0.3) is 6.08 Å². The predicted octanol–water partition coefficient (Wildman–Crippen LogP) is 1.01. The maximum Gasteiger partial charge on any atom is 0.296 e. The van der Waals surface area contributed by atoms with Gasteiger partial charge in [0.2, 0.25) is 11.9 Å². The van der Waals surface area contributed by atoms with Crippen molar-refractivity contribution in [3.63, 3.8) is 0 Å². The first-order valence-corrected chi connectivity index (χ1v) is 6.54. The summed E-state index contributed by atoms with van der Waals surface area (Å²) in [5.74, 6) is 0.714. The zero-order chi connectivity index (χ0) is 16.3. The molecule has 0 bridgehead atoms. The van der Waals surface area contributed by atoms with E-state index in [4.69, 9.17) is 9.47 Å². The Morgan fingerprint density at radius 3 is 2.64 bits per heavy atom. The number of likely N-dealkylation sites (N-methyl/N-ethyl adjacent to an activating group) is 1. The summed E-state index contributed by atoms with van der Waals surface area (Å²) in [7, 11) is 4.75. The van der Waals surface area contributed by atoms with Crippen LogP contribution in [0.4, 0.5) is 0 Å². The molecule has 1 aliphatic heterocycles. The van der Waals surface area contributed by atoms with Gasteiger partial charge in [0.25, 0.3) is 5.91 Å². The summed E-state index contributed by atoms with van der Waals surface area (Å²) in [6.07, 6.45) is 1.64. The monoisotopic (exact) mass is 303 g/mol. The Morgan fingerprint density at radius 2 is 2.05 bits per heavy atom. The van der Waals surface area contributed by atoms with Gasteiger partial charge in [0.1, 0.15) is 17.2 Å². The van der Waals surface area contributed by atoms with Gasteiger partial charge in [0.15, 0.2) is 0 Å². The van der Waals surface area contributed by atoms with Crippen LogP contribution in [0.5, 0.6) is 11.5 Å². The van der Waals surface area contributed by atoms with Crippen molar-refractivity contribution in [3.05, 3.63) is 29.5 Å². The quantitative estimate of drug-likeness (QED) is 0.843. The molecule has 1 aliphatic rings. The summed E-state index contributed by atoms with van der Waals surface area (Å²) in [5.41, 5.74) is 1.01. The number of hydrogen-bond acceptors (Lipinski definition) is 5. The van der Waals surface area contributed by atoms with E-state index in [0.717, 1.165) is 0 Å². The fourth-order valence-corrected chi connectivity index (χ4v) is 2.01. The van der Waals surface area contributed by atoms with Crippen molar-refractivity contribution >= 4 is 23.8 Å². The Balaban J connectivity index is 2.38. The molecule has 0 spiro atoms. The number of nitrogens with one attached hydrogen (secondary N) is 1. The molecule has 1 aromatic rings. The summed E-state index contributed by atoms with van der Waals surface area (Å²) in [4.78, 5) is 28.5. The fourth-order valence-electron chi connectivity index (χ4n) is 2.01. The maximum atomic E-state index is 12.0. The van der Waals surface area contributed by atoms with Gasteiger partial charge in [-0.3, -0.25) is 14.9 Å². The zero-order valence-corrected chi connectivity index (χ0v) is 12.8. The maximum absolute atomic E-state index is 12.0. The summed E-state index contributed by atoms with van der Waals surface area (Å²) < 4.78 is 10.5. The third-order valence-corrected chi connectivity index (χ3v) is 3.12. The molecule has 1 N–H and O–H groups in total. The van der Waals surface area contributed by atoms with Crippen LogP contribution in [0.3, 0.4) is 0 Å². The number of benzene rings is 1. The Morgan fingerprint density at radius 1 is 1.32 bits per heavy atom. The topological polar surface area (TPSA) is 80.2 Å². The standard InChI is InChI=1S/C15H17N3O4/c1-9(19)16-15-17-14(20)12(18(15)2)8-10-7-11(21-3)5-6-13(10)22-4/h5-8H,1-4H3,(H,16,17,19,20)/b12-8+. The second-order valence-electron chi connectivity index (χ2n) is 4.62. The lowest BCUT2D eigenvalue weighted by molar-refractivity contribution is -0.117. The van der Waals surface area contributed by atoms with Gasteiger partial charge in [0.05, 0.1) is 14.2 Å². The number of amides is 2. The van der Waals surface area contributed by atoms with Gasteiger partial charge in [-0.2, -0.15) is 4.99 Å². The molecule has 0 unspecified atom stereocenters. The molecule has 0 radical (unpaired) electrons. The molecule has 0 fully saturated rings. The molecule has 0 atom stereocenters. The van der Waals surface area contributed by atoms with Crippen LogP contribution in [0.2, 0.25) is 0 Å². The molecule has 0 saturated carbocycles. The van der Waals surface area contributed by atoms with Gasteiger partial charge in [0, 0.05) is 19.5 Å². The molecule has 2 amide bonds. The first kappa shape index (κ1) is 15.6. The van der Waals surface area contributed by atoms with E-state index < -0.39 is 5.91 Å². The highest BCUT2D eigenvalue weighted by Crippen LogP contribution is 2.27. The van der Waals surface area contributed by atoms with Crippen LogP contribution in [0, 0.1) is 0 Å². The van der Waals surface area contributed by atoms with E-state index in [9.17, 15) is 9.59 Å². The van der Waals surface area contributed by atoms with Gasteiger partial charge in [-0.1, -0.05) is 0 Å². The zero-order valence-electron chi connectivity index (χ0n) is 12.8. The molecule has 1 heterocycles. The number of aliphatic imine (C=N–C) groups is 1.